The van der Waals surface area contributed by atoms with Crippen molar-refractivity contribution in [2.45, 2.75) is 32.2 Å². The number of hydrogen-bond acceptors (Lipinski definition) is 1. The maximum atomic E-state index is 13.4. The first kappa shape index (κ1) is 10.6. The molecule has 0 radical (unpaired) electrons. The van der Waals surface area contributed by atoms with Gasteiger partial charge in [0.2, 0.25) is 0 Å². The van der Waals surface area contributed by atoms with Crippen LogP contribution in [0.2, 0.25) is 0 Å². The first-order valence-corrected chi connectivity index (χ1v) is 5.24. The molecule has 82 valence electrons. The molecule has 0 bridgehead atoms. The Labute approximate surface area is 88.3 Å². The quantitative estimate of drug-likeness (QED) is 0.817. The van der Waals surface area contributed by atoms with Crippen LogP contribution in [-0.4, -0.2) is 6.04 Å². The Morgan fingerprint density at radius 2 is 2.07 bits per heavy atom. The highest BCUT2D eigenvalue weighted by Gasteiger charge is 2.46. The number of benzene rings is 1. The fraction of sp³-hybridized carbons (Fsp3) is 0.500. The van der Waals surface area contributed by atoms with E-state index in [1.165, 1.54) is 0 Å². The molecule has 0 amide bonds. The Morgan fingerprint density at radius 3 is 2.60 bits per heavy atom. The maximum absolute atomic E-state index is 13.4. The normalized spacial score (nSPS) is 20.0. The van der Waals surface area contributed by atoms with E-state index in [1.807, 2.05) is 6.92 Å². The molecule has 15 heavy (non-hydrogen) atoms. The molecule has 1 nitrogen and oxygen atoms in total. The van der Waals surface area contributed by atoms with Crippen molar-refractivity contribution in [2.75, 3.05) is 0 Å². The molecular formula is C12H15F2N. The van der Waals surface area contributed by atoms with Crippen molar-refractivity contribution in [3.8, 4) is 0 Å². The lowest BCUT2D eigenvalue weighted by atomic mass is 9.90. The first-order chi connectivity index (χ1) is 7.05. The van der Waals surface area contributed by atoms with Crippen LogP contribution in [0.5, 0.6) is 0 Å². The second-order valence-corrected chi connectivity index (χ2v) is 4.54. The zero-order valence-corrected chi connectivity index (χ0v) is 8.76. The summed E-state index contributed by atoms with van der Waals surface area (Å²) in [6, 6.07) is 4.37. The van der Waals surface area contributed by atoms with Gasteiger partial charge in [0.15, 0.2) is 11.6 Å². The zero-order valence-electron chi connectivity index (χ0n) is 8.76. The number of rotatable bonds is 3. The summed E-state index contributed by atoms with van der Waals surface area (Å²) in [6.45, 7) is 1.93. The summed E-state index contributed by atoms with van der Waals surface area (Å²) < 4.78 is 26.4. The van der Waals surface area contributed by atoms with Gasteiger partial charge in [-0.25, -0.2) is 8.78 Å². The molecule has 1 atom stereocenters. The molecule has 1 aliphatic carbocycles. The molecule has 0 aliphatic heterocycles. The summed E-state index contributed by atoms with van der Waals surface area (Å²) in [5, 5.41) is 0. The van der Waals surface area contributed by atoms with Gasteiger partial charge in [-0.2, -0.15) is 0 Å². The minimum atomic E-state index is -0.770. The lowest BCUT2D eigenvalue weighted by Crippen LogP contribution is -2.30. The smallest absolute Gasteiger partial charge is 0.162 e. The van der Waals surface area contributed by atoms with Crippen LogP contribution in [0.25, 0.3) is 0 Å². The average molecular weight is 211 g/mol. The minimum Gasteiger partial charge on any atom is -0.327 e. The van der Waals surface area contributed by atoms with E-state index in [0.29, 0.717) is 12.0 Å². The van der Waals surface area contributed by atoms with E-state index in [4.69, 9.17) is 5.73 Å². The Hall–Kier alpha value is -0.960. The molecule has 1 saturated carbocycles. The molecule has 0 heterocycles. The summed E-state index contributed by atoms with van der Waals surface area (Å²) in [5.41, 5.74) is 6.31. The van der Waals surface area contributed by atoms with Crippen molar-refractivity contribution in [3.63, 3.8) is 0 Å². The maximum Gasteiger partial charge on any atom is 0.162 e. The summed E-state index contributed by atoms with van der Waals surface area (Å²) in [4.78, 5) is 0. The Balaban J connectivity index is 2.22. The zero-order chi connectivity index (χ0) is 11.1. The number of hydrogen-bond donors (Lipinski definition) is 1. The average Bonchev–Trinajstić information content (AvgIpc) is 2.94. The minimum absolute atomic E-state index is 0.00856. The van der Waals surface area contributed by atoms with Crippen LogP contribution in [0.15, 0.2) is 18.2 Å². The SMILES string of the molecule is CC(N)C1(Cc2cccc(F)c2F)CC1. The van der Waals surface area contributed by atoms with Gasteiger partial charge in [-0.1, -0.05) is 12.1 Å². The van der Waals surface area contributed by atoms with Gasteiger partial charge in [-0.3, -0.25) is 0 Å². The standard InChI is InChI=1S/C12H15F2N/c1-8(15)12(5-6-12)7-9-3-2-4-10(13)11(9)14/h2-4,8H,5-7,15H2,1H3. The molecule has 0 spiro atoms. The molecule has 0 aromatic heterocycles. The highest BCUT2D eigenvalue weighted by Crippen LogP contribution is 2.50. The molecule has 3 heteroatoms. The van der Waals surface area contributed by atoms with Crippen molar-refractivity contribution >= 4 is 0 Å². The van der Waals surface area contributed by atoms with E-state index in [1.54, 1.807) is 12.1 Å². The second kappa shape index (κ2) is 3.56. The summed E-state index contributed by atoms with van der Waals surface area (Å²) in [6.07, 6.45) is 2.58. The highest BCUT2D eigenvalue weighted by atomic mass is 19.2. The third-order valence-corrected chi connectivity index (χ3v) is 3.43. The molecule has 2 N–H and O–H groups in total. The van der Waals surface area contributed by atoms with E-state index in [-0.39, 0.29) is 11.5 Å². The first-order valence-electron chi connectivity index (χ1n) is 5.24. The highest BCUT2D eigenvalue weighted by molar-refractivity contribution is 5.22. The molecule has 1 aliphatic rings. The fourth-order valence-electron chi connectivity index (χ4n) is 2.02. The van der Waals surface area contributed by atoms with Gasteiger partial charge in [0.05, 0.1) is 0 Å². The molecule has 2 rings (SSSR count). The molecule has 1 aromatic carbocycles. The topological polar surface area (TPSA) is 26.0 Å². The lowest BCUT2D eigenvalue weighted by molar-refractivity contribution is 0.404. The van der Waals surface area contributed by atoms with E-state index in [0.717, 1.165) is 18.9 Å². The van der Waals surface area contributed by atoms with Crippen molar-refractivity contribution in [3.05, 3.63) is 35.4 Å². The van der Waals surface area contributed by atoms with E-state index >= 15 is 0 Å². The van der Waals surface area contributed by atoms with Gasteiger partial charge in [0.1, 0.15) is 0 Å². The monoisotopic (exact) mass is 211 g/mol. The van der Waals surface area contributed by atoms with Crippen LogP contribution in [0.3, 0.4) is 0 Å². The third kappa shape index (κ3) is 1.88. The van der Waals surface area contributed by atoms with Gasteiger partial charge in [0.25, 0.3) is 0 Å². The summed E-state index contributed by atoms with van der Waals surface area (Å²) >= 11 is 0. The van der Waals surface area contributed by atoms with Crippen molar-refractivity contribution < 1.29 is 8.78 Å². The molecular weight excluding hydrogens is 196 g/mol. The van der Waals surface area contributed by atoms with Crippen molar-refractivity contribution in [1.29, 1.82) is 0 Å². The van der Waals surface area contributed by atoms with Gasteiger partial charge < -0.3 is 5.73 Å². The van der Waals surface area contributed by atoms with Crippen molar-refractivity contribution in [1.82, 2.24) is 0 Å². The summed E-state index contributed by atoms with van der Waals surface area (Å²) in [5.74, 6) is -1.49. The van der Waals surface area contributed by atoms with Crippen LogP contribution in [0, 0.1) is 17.0 Å². The molecule has 1 fully saturated rings. The largest absolute Gasteiger partial charge is 0.327 e. The Bertz CT molecular complexity index is 370. The fourth-order valence-corrected chi connectivity index (χ4v) is 2.02. The predicted octanol–water partition coefficient (Wildman–Crippen LogP) is 2.63. The van der Waals surface area contributed by atoms with Gasteiger partial charge in [-0.15, -0.1) is 0 Å². The Morgan fingerprint density at radius 1 is 1.40 bits per heavy atom. The van der Waals surface area contributed by atoms with Crippen LogP contribution < -0.4 is 5.73 Å². The van der Waals surface area contributed by atoms with E-state index in [2.05, 4.69) is 0 Å². The molecule has 0 saturated heterocycles. The summed E-state index contributed by atoms with van der Waals surface area (Å²) in [7, 11) is 0. The molecule has 1 aromatic rings. The molecule has 1 unspecified atom stereocenters. The number of nitrogens with two attached hydrogens (primary N) is 1. The lowest BCUT2D eigenvalue weighted by Gasteiger charge is -2.19. The van der Waals surface area contributed by atoms with Crippen LogP contribution in [0.4, 0.5) is 8.78 Å². The van der Waals surface area contributed by atoms with E-state index < -0.39 is 11.6 Å². The predicted molar refractivity (Wildman–Crippen MR) is 55.4 cm³/mol. The van der Waals surface area contributed by atoms with Crippen LogP contribution in [-0.2, 0) is 6.42 Å². The second-order valence-electron chi connectivity index (χ2n) is 4.54. The van der Waals surface area contributed by atoms with E-state index in [9.17, 15) is 8.78 Å². The number of halogens is 2. The van der Waals surface area contributed by atoms with Gasteiger partial charge in [-0.05, 0) is 43.2 Å². The Kier molecular flexibility index (Phi) is 2.51. The van der Waals surface area contributed by atoms with Crippen molar-refractivity contribution in [2.24, 2.45) is 11.1 Å². The third-order valence-electron chi connectivity index (χ3n) is 3.43. The van der Waals surface area contributed by atoms with Crippen LogP contribution >= 0.6 is 0 Å². The van der Waals surface area contributed by atoms with Gasteiger partial charge in [0, 0.05) is 6.04 Å². The van der Waals surface area contributed by atoms with Crippen LogP contribution in [0.1, 0.15) is 25.3 Å². The van der Waals surface area contributed by atoms with Gasteiger partial charge >= 0.3 is 0 Å².